The Morgan fingerprint density at radius 2 is 1.21 bits per heavy atom. The van der Waals surface area contributed by atoms with Gasteiger partial charge in [0.05, 0.1) is 61.6 Å². The van der Waals surface area contributed by atoms with Crippen LogP contribution in [0.25, 0.3) is 54.9 Å². The summed E-state index contributed by atoms with van der Waals surface area (Å²) in [6, 6.07) is 23.8. The fraction of sp³-hybridized carbons (Fsp3) is 0.0263. The molecule has 0 aliphatic rings. The van der Waals surface area contributed by atoms with Crippen molar-refractivity contribution in [3.8, 4) is 54.9 Å². The molecule has 7 aromatic rings. The van der Waals surface area contributed by atoms with Crippen molar-refractivity contribution < 1.29 is 23.8 Å². The number of thiazole rings is 2. The Morgan fingerprint density at radius 3 is 1.70 bits per heavy atom. The van der Waals surface area contributed by atoms with Crippen LogP contribution in [0.5, 0.6) is 0 Å². The van der Waals surface area contributed by atoms with Gasteiger partial charge in [0.2, 0.25) is 0 Å². The number of aromatic carboxylic acids is 1. The van der Waals surface area contributed by atoms with E-state index in [4.69, 9.17) is 51.1 Å². The van der Waals surface area contributed by atoms with Crippen LogP contribution >= 0.6 is 85.0 Å². The van der Waals surface area contributed by atoms with Gasteiger partial charge in [-0.05, 0) is 70.5 Å². The molecule has 1 N–H and O–H groups in total. The summed E-state index contributed by atoms with van der Waals surface area (Å²) < 4.78 is 18.6. The van der Waals surface area contributed by atoms with Crippen LogP contribution < -0.4 is 0 Å². The molecule has 4 aromatic carbocycles. The number of methoxy groups -OCH3 is 1. The largest absolute Gasteiger partial charge is 0.478 e. The number of hydrogen-bond acceptors (Lipinski definition) is 8. The van der Waals surface area contributed by atoms with Crippen LogP contribution in [-0.4, -0.2) is 39.1 Å². The number of carbonyl (C=O) groups is 2. The van der Waals surface area contributed by atoms with Crippen molar-refractivity contribution in [2.75, 3.05) is 7.11 Å². The van der Waals surface area contributed by atoms with Gasteiger partial charge in [-0.3, -0.25) is 4.98 Å². The Kier molecular flexibility index (Phi) is 12.3. The first-order chi connectivity index (χ1) is 25.4. The van der Waals surface area contributed by atoms with Gasteiger partial charge in [-0.2, -0.15) is 0 Å². The van der Waals surface area contributed by atoms with Gasteiger partial charge in [0.1, 0.15) is 15.8 Å². The third-order valence-electron chi connectivity index (χ3n) is 7.56. The van der Waals surface area contributed by atoms with E-state index in [1.54, 1.807) is 48.5 Å². The summed E-state index contributed by atoms with van der Waals surface area (Å²) >= 11 is 30.3. The first-order valence-electron chi connectivity index (χ1n) is 15.1. The zero-order valence-corrected chi connectivity index (χ0v) is 33.2. The van der Waals surface area contributed by atoms with Crippen molar-refractivity contribution in [1.82, 2.24) is 15.0 Å². The minimum atomic E-state index is -1.10. The molecule has 0 radical (unpaired) electrons. The number of rotatable bonds is 7. The molecule has 3 heterocycles. The van der Waals surface area contributed by atoms with Gasteiger partial charge in [-0.25, -0.2) is 23.9 Å². The molecular weight excluding hydrogens is 867 g/mol. The van der Waals surface area contributed by atoms with Gasteiger partial charge in [-0.1, -0.05) is 76.7 Å². The number of hydrogen-bond donors (Lipinski definition) is 1. The van der Waals surface area contributed by atoms with Crippen molar-refractivity contribution >= 4 is 96.9 Å². The van der Waals surface area contributed by atoms with Gasteiger partial charge in [-0.15, -0.1) is 22.7 Å². The molecule has 0 spiro atoms. The normalized spacial score (nSPS) is 10.8. The fourth-order valence-electron chi connectivity index (χ4n) is 4.93. The predicted octanol–water partition coefficient (Wildman–Crippen LogP) is 13.0. The summed E-state index contributed by atoms with van der Waals surface area (Å²) in [4.78, 5) is 36.8. The molecule has 0 bridgehead atoms. The molecule has 0 aliphatic heterocycles. The summed E-state index contributed by atoms with van der Waals surface area (Å²) in [5, 5.41) is 16.8. The lowest BCUT2D eigenvalue weighted by molar-refractivity contribution is 0.0598. The number of ether oxygens (including phenoxy) is 1. The highest BCUT2D eigenvalue weighted by Gasteiger charge is 2.17. The number of aromatic nitrogens is 3. The van der Waals surface area contributed by atoms with Crippen molar-refractivity contribution in [2.45, 2.75) is 0 Å². The smallest absolute Gasteiger partial charge is 0.339 e. The van der Waals surface area contributed by atoms with Gasteiger partial charge in [0, 0.05) is 43.1 Å². The van der Waals surface area contributed by atoms with Crippen molar-refractivity contribution in [2.24, 2.45) is 0 Å². The monoisotopic (exact) mass is 885 g/mol. The molecule has 0 atom stereocenters. The van der Waals surface area contributed by atoms with Gasteiger partial charge >= 0.3 is 11.9 Å². The second kappa shape index (κ2) is 16.9. The summed E-state index contributed by atoms with van der Waals surface area (Å²) in [6.45, 7) is 0. The van der Waals surface area contributed by atoms with Crippen LogP contribution in [0.3, 0.4) is 0 Å². The van der Waals surface area contributed by atoms with Gasteiger partial charge < -0.3 is 9.84 Å². The molecule has 0 fully saturated rings. The van der Waals surface area contributed by atoms with E-state index in [0.29, 0.717) is 57.6 Å². The number of pyridine rings is 1. The highest BCUT2D eigenvalue weighted by molar-refractivity contribution is 9.10. The molecule has 266 valence electrons. The molecule has 0 aliphatic carbocycles. The lowest BCUT2D eigenvalue weighted by Crippen LogP contribution is -2.02. The maximum absolute atomic E-state index is 13.1. The molecule has 0 unspecified atom stereocenters. The molecule has 0 saturated carbocycles. The fourth-order valence-corrected chi connectivity index (χ4v) is 7.58. The highest BCUT2D eigenvalue weighted by Crippen LogP contribution is 2.36. The van der Waals surface area contributed by atoms with E-state index < -0.39 is 17.8 Å². The van der Waals surface area contributed by atoms with E-state index in [1.807, 2.05) is 35.0 Å². The first-order valence-corrected chi connectivity index (χ1v) is 19.2. The third kappa shape index (κ3) is 8.96. The number of benzene rings is 4. The summed E-state index contributed by atoms with van der Waals surface area (Å²) in [5.41, 5.74) is 6.02. The molecule has 7 rings (SSSR count). The van der Waals surface area contributed by atoms with E-state index in [1.165, 1.54) is 41.9 Å². The van der Waals surface area contributed by atoms with Crippen LogP contribution in [-0.2, 0) is 4.74 Å². The average molecular weight is 888 g/mol. The lowest BCUT2D eigenvalue weighted by atomic mass is 10.0. The Balaban J connectivity index is 0.000000185. The number of esters is 1. The molecule has 3 aromatic heterocycles. The van der Waals surface area contributed by atoms with Crippen LogP contribution in [0.2, 0.25) is 20.1 Å². The second-order valence-electron chi connectivity index (χ2n) is 10.9. The van der Waals surface area contributed by atoms with E-state index in [-0.39, 0.29) is 5.56 Å². The van der Waals surface area contributed by atoms with E-state index in [0.717, 1.165) is 33.6 Å². The quantitative estimate of drug-likeness (QED) is 0.159. The molecule has 0 amide bonds. The number of carboxylic acid groups (broad SMARTS) is 1. The summed E-state index contributed by atoms with van der Waals surface area (Å²) in [5.74, 6) is -1.99. The molecule has 53 heavy (non-hydrogen) atoms. The zero-order chi connectivity index (χ0) is 37.8. The standard InChI is InChI=1S/C21H11Cl2FN2O2S.C17H10BrCl2NO2S/c22-16-5-2-11(8-17(16)23)19-10-29-20(26-19)12-1-4-14(15(7-12)21(27)28)18-6-3-13(24)9-25-18;1-23-17(22)11-6-10(2-4-12(11)18)16-21-15(8-24-16)9-3-5-13(19)14(20)7-9/h1-10H,(H,27,28);2-8H,1H3. The van der Waals surface area contributed by atoms with Gasteiger partial charge in [0.25, 0.3) is 0 Å². The minimum absolute atomic E-state index is 0.0629. The Hall–Kier alpha value is -4.20. The third-order valence-corrected chi connectivity index (χ3v) is 11.5. The maximum Gasteiger partial charge on any atom is 0.339 e. The van der Waals surface area contributed by atoms with E-state index in [2.05, 4.69) is 30.9 Å². The second-order valence-corrected chi connectivity index (χ2v) is 15.1. The predicted molar refractivity (Wildman–Crippen MR) is 215 cm³/mol. The zero-order valence-electron chi connectivity index (χ0n) is 26.9. The van der Waals surface area contributed by atoms with Crippen LogP contribution in [0.15, 0.2) is 106 Å². The molecular formula is C38H21BrCl4FN3O4S2. The minimum Gasteiger partial charge on any atom is -0.478 e. The SMILES string of the molecule is COC(=O)c1cc(-c2nc(-c3ccc(Cl)c(Cl)c3)cs2)ccc1Br.O=C(O)c1cc(-c2nc(-c3ccc(Cl)c(Cl)c3)cs2)ccc1-c1ccc(F)cn1. The molecule has 7 nitrogen and oxygen atoms in total. The first kappa shape index (κ1) is 38.5. The van der Waals surface area contributed by atoms with Crippen LogP contribution in [0.1, 0.15) is 20.7 Å². The van der Waals surface area contributed by atoms with Crippen LogP contribution in [0, 0.1) is 5.82 Å². The topological polar surface area (TPSA) is 102 Å². The highest BCUT2D eigenvalue weighted by atomic mass is 79.9. The number of nitrogens with zero attached hydrogens (tertiary/aromatic N) is 3. The number of carboxylic acids is 1. The Bertz CT molecular complexity index is 2500. The van der Waals surface area contributed by atoms with Crippen molar-refractivity contribution in [1.29, 1.82) is 0 Å². The van der Waals surface area contributed by atoms with Crippen molar-refractivity contribution in [3.05, 3.63) is 143 Å². The summed E-state index contributed by atoms with van der Waals surface area (Å²) in [6.07, 6.45) is 1.05. The molecule has 0 saturated heterocycles. The Morgan fingerprint density at radius 1 is 0.679 bits per heavy atom. The maximum atomic E-state index is 13.1. The van der Waals surface area contributed by atoms with Gasteiger partial charge in [0.15, 0.2) is 0 Å². The average Bonchev–Trinajstić information content (AvgIpc) is 3.86. The Labute approximate surface area is 338 Å². The molecule has 15 heteroatoms. The van der Waals surface area contributed by atoms with Crippen molar-refractivity contribution in [3.63, 3.8) is 0 Å². The van der Waals surface area contributed by atoms with Crippen LogP contribution in [0.4, 0.5) is 4.39 Å². The van der Waals surface area contributed by atoms with E-state index >= 15 is 0 Å². The van der Waals surface area contributed by atoms with E-state index in [9.17, 15) is 19.1 Å². The summed E-state index contributed by atoms with van der Waals surface area (Å²) in [7, 11) is 1.35. The number of halogens is 6. The number of carbonyl (C=O) groups excluding carboxylic acids is 1. The lowest BCUT2D eigenvalue weighted by Gasteiger charge is -2.07.